The summed E-state index contributed by atoms with van der Waals surface area (Å²) in [6.07, 6.45) is 3.01. The Labute approximate surface area is 126 Å². The van der Waals surface area contributed by atoms with E-state index < -0.39 is 11.9 Å². The number of hydrogen-bond donors (Lipinski definition) is 2. The third-order valence-corrected chi connectivity index (χ3v) is 4.99. The van der Waals surface area contributed by atoms with E-state index in [-0.39, 0.29) is 12.1 Å². The maximum atomic E-state index is 10.4. The van der Waals surface area contributed by atoms with Crippen LogP contribution in [0.15, 0.2) is 30.3 Å². The van der Waals surface area contributed by atoms with Gasteiger partial charge < -0.3 is 14.9 Å². The second-order valence-electron chi connectivity index (χ2n) is 6.66. The van der Waals surface area contributed by atoms with Gasteiger partial charge in [-0.3, -0.25) is 4.90 Å². The van der Waals surface area contributed by atoms with Crippen LogP contribution in [0.5, 0.6) is 0 Å². The number of hydrogen-bond acceptors (Lipinski definition) is 4. The maximum absolute atomic E-state index is 10.4. The van der Waals surface area contributed by atoms with Gasteiger partial charge in [-0.05, 0) is 38.8 Å². The van der Waals surface area contributed by atoms with E-state index in [1.165, 1.54) is 0 Å². The second kappa shape index (κ2) is 5.69. The lowest BCUT2D eigenvalue weighted by Gasteiger charge is -2.41. The molecule has 116 valence electrons. The van der Waals surface area contributed by atoms with E-state index in [2.05, 4.69) is 11.9 Å². The normalized spacial score (nSPS) is 38.2. The van der Waals surface area contributed by atoms with E-state index in [4.69, 9.17) is 4.74 Å². The number of fused-ring (bicyclic) bond motifs is 1. The van der Waals surface area contributed by atoms with Gasteiger partial charge in [0.2, 0.25) is 0 Å². The molecule has 1 aromatic rings. The Morgan fingerprint density at radius 1 is 1.33 bits per heavy atom. The summed E-state index contributed by atoms with van der Waals surface area (Å²) in [6, 6.07) is 10.4. The average Bonchev–Trinajstić information content (AvgIpc) is 2.78. The van der Waals surface area contributed by atoms with Gasteiger partial charge >= 0.3 is 0 Å². The SMILES string of the molecule is CN1C(CC(O)c2ccccc2)CCC2OC(C)(O)CC21. The van der Waals surface area contributed by atoms with Gasteiger partial charge in [-0.2, -0.15) is 0 Å². The van der Waals surface area contributed by atoms with Gasteiger partial charge in [0.15, 0.2) is 5.79 Å². The maximum Gasteiger partial charge on any atom is 0.164 e. The number of ether oxygens (including phenoxy) is 1. The molecule has 0 aromatic heterocycles. The van der Waals surface area contributed by atoms with Crippen molar-refractivity contribution in [2.45, 2.75) is 62.7 Å². The van der Waals surface area contributed by atoms with Gasteiger partial charge in [0.05, 0.1) is 12.2 Å². The summed E-state index contributed by atoms with van der Waals surface area (Å²) in [7, 11) is 2.09. The molecule has 2 aliphatic rings. The molecule has 5 atom stereocenters. The van der Waals surface area contributed by atoms with Crippen LogP contribution in [-0.4, -0.2) is 46.1 Å². The van der Waals surface area contributed by atoms with Gasteiger partial charge in [0.1, 0.15) is 0 Å². The number of benzene rings is 1. The molecule has 0 amide bonds. The van der Waals surface area contributed by atoms with Crippen molar-refractivity contribution in [2.24, 2.45) is 0 Å². The smallest absolute Gasteiger partial charge is 0.164 e. The van der Waals surface area contributed by atoms with Crippen molar-refractivity contribution in [3.8, 4) is 0 Å². The molecule has 2 fully saturated rings. The highest BCUT2D eigenvalue weighted by molar-refractivity contribution is 5.17. The van der Waals surface area contributed by atoms with Gasteiger partial charge in [-0.1, -0.05) is 30.3 Å². The van der Waals surface area contributed by atoms with Crippen LogP contribution in [0.3, 0.4) is 0 Å². The quantitative estimate of drug-likeness (QED) is 0.895. The van der Waals surface area contributed by atoms with E-state index in [1.807, 2.05) is 30.3 Å². The molecular weight excluding hydrogens is 266 g/mol. The number of aliphatic hydroxyl groups excluding tert-OH is 1. The molecule has 2 saturated heterocycles. The fourth-order valence-electron chi connectivity index (χ4n) is 3.81. The highest BCUT2D eigenvalue weighted by Gasteiger charge is 2.47. The van der Waals surface area contributed by atoms with Gasteiger partial charge in [0, 0.05) is 18.5 Å². The molecule has 0 bridgehead atoms. The second-order valence-corrected chi connectivity index (χ2v) is 6.66. The van der Waals surface area contributed by atoms with Crippen LogP contribution >= 0.6 is 0 Å². The molecule has 0 radical (unpaired) electrons. The summed E-state index contributed by atoms with van der Waals surface area (Å²) in [4.78, 5) is 2.29. The van der Waals surface area contributed by atoms with Gasteiger partial charge in [0.25, 0.3) is 0 Å². The van der Waals surface area contributed by atoms with Gasteiger partial charge in [-0.25, -0.2) is 0 Å². The van der Waals surface area contributed by atoms with Crippen LogP contribution < -0.4 is 0 Å². The first kappa shape index (κ1) is 15.0. The van der Waals surface area contributed by atoms with Crippen LogP contribution in [0.1, 0.15) is 44.3 Å². The predicted molar refractivity (Wildman–Crippen MR) is 80.7 cm³/mol. The zero-order valence-electron chi connectivity index (χ0n) is 12.8. The minimum Gasteiger partial charge on any atom is -0.388 e. The lowest BCUT2D eigenvalue weighted by molar-refractivity contribution is -0.182. The summed E-state index contributed by atoms with van der Waals surface area (Å²) in [5, 5.41) is 20.5. The van der Waals surface area contributed by atoms with Gasteiger partial charge in [-0.15, -0.1) is 0 Å². The molecule has 0 spiro atoms. The number of likely N-dealkylation sites (N-methyl/N-ethyl adjacent to an activating group) is 1. The summed E-state index contributed by atoms with van der Waals surface area (Å²) in [6.45, 7) is 1.74. The minimum absolute atomic E-state index is 0.120. The molecule has 3 rings (SSSR count). The number of rotatable bonds is 3. The number of piperidine rings is 1. The van der Waals surface area contributed by atoms with Crippen molar-refractivity contribution in [1.82, 2.24) is 4.90 Å². The highest BCUT2D eigenvalue weighted by atomic mass is 16.6. The first-order chi connectivity index (χ1) is 9.96. The van der Waals surface area contributed by atoms with E-state index in [1.54, 1.807) is 6.92 Å². The molecule has 0 aliphatic carbocycles. The molecule has 4 nitrogen and oxygen atoms in total. The number of likely N-dealkylation sites (tertiary alicyclic amines) is 1. The molecule has 1 aromatic carbocycles. The summed E-state index contributed by atoms with van der Waals surface area (Å²) in [5.41, 5.74) is 0.975. The van der Waals surface area contributed by atoms with Crippen molar-refractivity contribution in [2.75, 3.05) is 7.05 Å². The topological polar surface area (TPSA) is 52.9 Å². The van der Waals surface area contributed by atoms with E-state index in [9.17, 15) is 10.2 Å². The fourth-order valence-corrected chi connectivity index (χ4v) is 3.81. The summed E-state index contributed by atoms with van der Waals surface area (Å²) in [5.74, 6) is -1.00. The predicted octanol–water partition coefficient (Wildman–Crippen LogP) is 2.07. The standard InChI is InChI=1S/C17H25NO3/c1-17(20)11-14-16(21-17)9-8-13(18(14)2)10-15(19)12-6-4-3-5-7-12/h3-7,13-16,19-20H,8-11H2,1-2H3. The van der Waals surface area contributed by atoms with Crippen molar-refractivity contribution in [3.05, 3.63) is 35.9 Å². The molecule has 21 heavy (non-hydrogen) atoms. The first-order valence-corrected chi connectivity index (χ1v) is 7.81. The summed E-state index contributed by atoms with van der Waals surface area (Å²) >= 11 is 0. The van der Waals surface area contributed by atoms with Crippen LogP contribution in [0, 0.1) is 0 Å². The molecule has 5 unspecified atom stereocenters. The molecular formula is C17H25NO3. The van der Waals surface area contributed by atoms with Crippen LogP contribution in [0.4, 0.5) is 0 Å². The highest BCUT2D eigenvalue weighted by Crippen LogP contribution is 2.39. The Morgan fingerprint density at radius 3 is 2.76 bits per heavy atom. The Bertz CT molecular complexity index is 476. The zero-order chi connectivity index (χ0) is 15.0. The number of aliphatic hydroxyl groups is 2. The summed E-state index contributed by atoms with van der Waals surface area (Å²) < 4.78 is 5.71. The Balaban J connectivity index is 1.65. The Kier molecular flexibility index (Phi) is 4.06. The van der Waals surface area contributed by atoms with E-state index in [0.29, 0.717) is 12.5 Å². The molecule has 2 heterocycles. The van der Waals surface area contributed by atoms with Crippen LogP contribution in [-0.2, 0) is 4.74 Å². The van der Waals surface area contributed by atoms with Crippen molar-refractivity contribution in [1.29, 1.82) is 0 Å². The van der Waals surface area contributed by atoms with Crippen molar-refractivity contribution >= 4 is 0 Å². The lowest BCUT2D eigenvalue weighted by Crippen LogP contribution is -2.49. The zero-order valence-corrected chi connectivity index (χ0v) is 12.8. The fraction of sp³-hybridized carbons (Fsp3) is 0.647. The van der Waals surface area contributed by atoms with E-state index in [0.717, 1.165) is 24.8 Å². The largest absolute Gasteiger partial charge is 0.388 e. The molecule has 0 saturated carbocycles. The lowest BCUT2D eigenvalue weighted by atomic mass is 9.88. The molecule has 4 heteroatoms. The van der Waals surface area contributed by atoms with Crippen molar-refractivity contribution in [3.63, 3.8) is 0 Å². The monoisotopic (exact) mass is 291 g/mol. The average molecular weight is 291 g/mol. The van der Waals surface area contributed by atoms with Crippen LogP contribution in [0.2, 0.25) is 0 Å². The Hall–Kier alpha value is -0.940. The van der Waals surface area contributed by atoms with Crippen LogP contribution in [0.25, 0.3) is 0 Å². The Morgan fingerprint density at radius 2 is 2.05 bits per heavy atom. The van der Waals surface area contributed by atoms with Crippen molar-refractivity contribution < 1.29 is 14.9 Å². The minimum atomic E-state index is -1.00. The third kappa shape index (κ3) is 3.14. The first-order valence-electron chi connectivity index (χ1n) is 7.81. The van der Waals surface area contributed by atoms with E-state index >= 15 is 0 Å². The molecule has 2 aliphatic heterocycles. The third-order valence-electron chi connectivity index (χ3n) is 4.99. The molecule has 2 N–H and O–H groups in total. The number of nitrogens with zero attached hydrogens (tertiary/aromatic N) is 1.